The van der Waals surface area contributed by atoms with Crippen LogP contribution in [0.5, 0.6) is 0 Å². The van der Waals surface area contributed by atoms with Crippen molar-refractivity contribution in [3.05, 3.63) is 28.8 Å². The van der Waals surface area contributed by atoms with Crippen LogP contribution in [0.1, 0.15) is 62.8 Å². The Labute approximate surface area is 133 Å². The molecule has 4 heteroatoms. The number of piperidine rings is 1. The molecule has 1 amide bonds. The molecule has 0 aliphatic carbocycles. The van der Waals surface area contributed by atoms with Gasteiger partial charge in [-0.1, -0.05) is 12.5 Å². The first-order valence-corrected chi connectivity index (χ1v) is 8.11. The largest absolute Gasteiger partial charge is 0.444 e. The molecular weight excluding hydrogens is 276 g/mol. The molecule has 1 aliphatic heterocycles. The zero-order valence-electron chi connectivity index (χ0n) is 14.4. The quantitative estimate of drug-likeness (QED) is 0.848. The number of amides is 1. The Kier molecular flexibility index (Phi) is 5.12. The fraction of sp³-hybridized carbons (Fsp3) is 0.611. The summed E-state index contributed by atoms with van der Waals surface area (Å²) in [6, 6.07) is 4.68. The Morgan fingerprint density at radius 2 is 2.00 bits per heavy atom. The van der Waals surface area contributed by atoms with E-state index in [1.54, 1.807) is 0 Å². The lowest BCUT2D eigenvalue weighted by molar-refractivity contribution is 0.0636. The fourth-order valence-electron chi connectivity index (χ4n) is 2.77. The van der Waals surface area contributed by atoms with Crippen molar-refractivity contribution >= 4 is 11.8 Å². The molecule has 1 aromatic rings. The van der Waals surface area contributed by atoms with Gasteiger partial charge in [-0.2, -0.15) is 0 Å². The van der Waals surface area contributed by atoms with E-state index >= 15 is 0 Å². The molecule has 0 aromatic heterocycles. The number of anilines is 1. The summed E-state index contributed by atoms with van der Waals surface area (Å²) in [6.45, 7) is 10.8. The average Bonchev–Trinajstić information content (AvgIpc) is 2.42. The number of hydrogen-bond acceptors (Lipinski definition) is 3. The number of nitrogens with one attached hydrogen (secondary N) is 2. The molecule has 1 aromatic carbocycles. The van der Waals surface area contributed by atoms with Crippen molar-refractivity contribution < 1.29 is 9.53 Å². The van der Waals surface area contributed by atoms with Gasteiger partial charge in [0.2, 0.25) is 0 Å². The second kappa shape index (κ2) is 6.69. The molecule has 0 radical (unpaired) electrons. The lowest BCUT2D eigenvalue weighted by atomic mass is 9.94. The minimum Gasteiger partial charge on any atom is -0.444 e. The summed E-state index contributed by atoms with van der Waals surface area (Å²) >= 11 is 0. The van der Waals surface area contributed by atoms with Gasteiger partial charge in [-0.15, -0.1) is 0 Å². The number of carbonyl (C=O) groups excluding carboxylic acids is 1. The van der Waals surface area contributed by atoms with Crippen LogP contribution in [0.4, 0.5) is 10.5 Å². The van der Waals surface area contributed by atoms with Gasteiger partial charge in [0, 0.05) is 11.7 Å². The van der Waals surface area contributed by atoms with Crippen LogP contribution >= 0.6 is 0 Å². The molecule has 0 bridgehead atoms. The zero-order chi connectivity index (χ0) is 16.3. The molecular formula is C18H28N2O2. The van der Waals surface area contributed by atoms with Crippen molar-refractivity contribution in [1.82, 2.24) is 5.32 Å². The molecule has 122 valence electrons. The van der Waals surface area contributed by atoms with E-state index in [9.17, 15) is 4.79 Å². The maximum Gasteiger partial charge on any atom is 0.412 e. The van der Waals surface area contributed by atoms with Crippen molar-refractivity contribution in [2.45, 2.75) is 65.5 Å². The maximum absolute atomic E-state index is 12.0. The third-order valence-corrected chi connectivity index (χ3v) is 4.04. The monoisotopic (exact) mass is 304 g/mol. The molecule has 0 saturated carbocycles. The average molecular weight is 304 g/mol. The summed E-state index contributed by atoms with van der Waals surface area (Å²) in [5.74, 6) is 0. The Morgan fingerprint density at radius 1 is 1.27 bits per heavy atom. The molecule has 1 heterocycles. The van der Waals surface area contributed by atoms with Crippen molar-refractivity contribution in [2.75, 3.05) is 11.9 Å². The molecule has 1 atom stereocenters. The molecule has 2 rings (SSSR count). The van der Waals surface area contributed by atoms with Crippen LogP contribution in [0.3, 0.4) is 0 Å². The molecule has 2 N–H and O–H groups in total. The second-order valence-corrected chi connectivity index (χ2v) is 7.14. The zero-order valence-corrected chi connectivity index (χ0v) is 14.4. The first kappa shape index (κ1) is 16.8. The Morgan fingerprint density at radius 3 is 2.59 bits per heavy atom. The highest BCUT2D eigenvalue weighted by Gasteiger charge is 2.20. The number of carbonyl (C=O) groups is 1. The summed E-state index contributed by atoms with van der Waals surface area (Å²) in [5, 5.41) is 6.46. The molecule has 22 heavy (non-hydrogen) atoms. The smallest absolute Gasteiger partial charge is 0.412 e. The van der Waals surface area contributed by atoms with Crippen LogP contribution in [0, 0.1) is 13.8 Å². The van der Waals surface area contributed by atoms with E-state index in [-0.39, 0.29) is 0 Å². The van der Waals surface area contributed by atoms with Crippen molar-refractivity contribution in [1.29, 1.82) is 0 Å². The number of ether oxygens (including phenoxy) is 1. The minimum atomic E-state index is -0.491. The topological polar surface area (TPSA) is 50.4 Å². The van der Waals surface area contributed by atoms with Gasteiger partial charge in [0.25, 0.3) is 0 Å². The highest BCUT2D eigenvalue weighted by molar-refractivity contribution is 5.86. The lowest BCUT2D eigenvalue weighted by Crippen LogP contribution is -2.28. The van der Waals surface area contributed by atoms with Crippen LogP contribution in [-0.4, -0.2) is 18.2 Å². The summed E-state index contributed by atoms with van der Waals surface area (Å²) in [6.07, 6.45) is 3.24. The molecule has 1 fully saturated rings. The van der Waals surface area contributed by atoms with Gasteiger partial charge >= 0.3 is 6.09 Å². The fourth-order valence-corrected chi connectivity index (χ4v) is 2.77. The third-order valence-electron chi connectivity index (χ3n) is 4.04. The summed E-state index contributed by atoms with van der Waals surface area (Å²) < 4.78 is 5.36. The molecule has 0 spiro atoms. The normalized spacial score (nSPS) is 18.9. The molecule has 1 aliphatic rings. The van der Waals surface area contributed by atoms with Crippen LogP contribution in [0.15, 0.2) is 12.1 Å². The standard InChI is InChI=1S/C18H28N2O2/c1-12-10-14(15-8-6-7-9-19-15)11-16(13(12)2)20-17(21)22-18(3,4)5/h10-11,15,19H,6-9H2,1-5H3,(H,20,21). The first-order valence-electron chi connectivity index (χ1n) is 8.11. The lowest BCUT2D eigenvalue weighted by Gasteiger charge is -2.26. The van der Waals surface area contributed by atoms with Gasteiger partial charge in [-0.25, -0.2) is 4.79 Å². The van der Waals surface area contributed by atoms with Crippen LogP contribution < -0.4 is 10.6 Å². The van der Waals surface area contributed by atoms with E-state index in [2.05, 4.69) is 29.7 Å². The summed E-state index contributed by atoms with van der Waals surface area (Å²) in [5.41, 5.74) is 3.88. The van der Waals surface area contributed by atoms with Crippen molar-refractivity contribution in [2.24, 2.45) is 0 Å². The van der Waals surface area contributed by atoms with E-state index in [4.69, 9.17) is 4.74 Å². The van der Waals surface area contributed by atoms with E-state index in [0.717, 1.165) is 24.2 Å². The van der Waals surface area contributed by atoms with Crippen LogP contribution in [0.2, 0.25) is 0 Å². The highest BCUT2D eigenvalue weighted by atomic mass is 16.6. The third kappa shape index (κ3) is 4.47. The van der Waals surface area contributed by atoms with Gasteiger partial charge in [0.15, 0.2) is 0 Å². The SMILES string of the molecule is Cc1cc(C2CCCCN2)cc(NC(=O)OC(C)(C)C)c1C. The van der Waals surface area contributed by atoms with Gasteiger partial charge in [0.1, 0.15) is 5.60 Å². The predicted molar refractivity (Wildman–Crippen MR) is 90.4 cm³/mol. The first-order chi connectivity index (χ1) is 10.3. The number of aryl methyl sites for hydroxylation is 1. The Balaban J connectivity index is 2.19. The minimum absolute atomic E-state index is 0.382. The van der Waals surface area contributed by atoms with E-state index in [1.807, 2.05) is 27.7 Å². The number of hydrogen-bond donors (Lipinski definition) is 2. The van der Waals surface area contributed by atoms with Crippen molar-refractivity contribution in [3.8, 4) is 0 Å². The van der Waals surface area contributed by atoms with Gasteiger partial charge in [-0.05, 0) is 76.8 Å². The molecule has 1 saturated heterocycles. The molecule has 1 unspecified atom stereocenters. The van der Waals surface area contributed by atoms with E-state index in [0.29, 0.717) is 6.04 Å². The second-order valence-electron chi connectivity index (χ2n) is 7.14. The van der Waals surface area contributed by atoms with E-state index < -0.39 is 11.7 Å². The summed E-state index contributed by atoms with van der Waals surface area (Å²) in [4.78, 5) is 12.0. The Hall–Kier alpha value is -1.55. The number of rotatable bonds is 2. The van der Waals surface area contributed by atoms with Crippen molar-refractivity contribution in [3.63, 3.8) is 0 Å². The highest BCUT2D eigenvalue weighted by Crippen LogP contribution is 2.29. The number of benzene rings is 1. The van der Waals surface area contributed by atoms with Gasteiger partial charge in [-0.3, -0.25) is 5.32 Å². The summed E-state index contributed by atoms with van der Waals surface area (Å²) in [7, 11) is 0. The van der Waals surface area contributed by atoms with E-state index in [1.165, 1.54) is 24.0 Å². The molecule has 4 nitrogen and oxygen atoms in total. The Bertz CT molecular complexity index is 541. The predicted octanol–water partition coefficient (Wildman–Crippen LogP) is 4.47. The maximum atomic E-state index is 12.0. The van der Waals surface area contributed by atoms with Crippen LogP contribution in [-0.2, 0) is 4.74 Å². The van der Waals surface area contributed by atoms with Crippen LogP contribution in [0.25, 0.3) is 0 Å². The van der Waals surface area contributed by atoms with Gasteiger partial charge in [0.05, 0.1) is 0 Å². The van der Waals surface area contributed by atoms with Gasteiger partial charge < -0.3 is 10.1 Å².